The molecule has 3 heterocycles. The van der Waals surface area contributed by atoms with E-state index in [1.807, 2.05) is 36.5 Å². The van der Waals surface area contributed by atoms with E-state index in [4.69, 9.17) is 38.9 Å². The minimum Gasteiger partial charge on any atom is -0.348 e. The smallest absolute Gasteiger partial charge is 0.254 e. The molecule has 38 heavy (non-hydrogen) atoms. The number of aryl methyl sites for hydroxylation is 1. The zero-order valence-corrected chi connectivity index (χ0v) is 22.3. The van der Waals surface area contributed by atoms with Crippen LogP contribution in [0.25, 0.3) is 11.0 Å². The number of nitrogens with one attached hydrogen (secondary N) is 2. The van der Waals surface area contributed by atoms with Crippen molar-refractivity contribution >= 4 is 40.1 Å². The molecular formula is C28H29Cl2N7O. The van der Waals surface area contributed by atoms with Gasteiger partial charge < -0.3 is 16.0 Å². The first-order valence-corrected chi connectivity index (χ1v) is 13.4. The predicted molar refractivity (Wildman–Crippen MR) is 150 cm³/mol. The van der Waals surface area contributed by atoms with Gasteiger partial charge in [-0.3, -0.25) is 19.7 Å². The Labute approximate surface area is 231 Å². The Morgan fingerprint density at radius 2 is 2.00 bits per heavy atom. The average Bonchev–Trinajstić information content (AvgIpc) is 3.34. The van der Waals surface area contributed by atoms with Crippen LogP contribution in [0.4, 0.5) is 0 Å². The Balaban J connectivity index is 1.36. The third-order valence-electron chi connectivity index (χ3n) is 6.83. The van der Waals surface area contributed by atoms with Crippen molar-refractivity contribution in [1.29, 1.82) is 0 Å². The molecule has 4 aromatic rings. The second-order valence-corrected chi connectivity index (χ2v) is 10.1. The first kappa shape index (κ1) is 26.3. The number of carbonyl (C=O) groups excluding carboxylic acids is 1. The molecule has 8 nitrogen and oxygen atoms in total. The number of aromatic amines is 1. The van der Waals surface area contributed by atoms with Crippen molar-refractivity contribution in [2.75, 3.05) is 19.6 Å². The van der Waals surface area contributed by atoms with Crippen LogP contribution in [0.1, 0.15) is 46.3 Å². The van der Waals surface area contributed by atoms with Gasteiger partial charge in [-0.15, -0.1) is 0 Å². The molecule has 1 amide bonds. The SMILES string of the molecule is NC/C(=C\CN(Cc1nc2ccccc2[nH]1)[C@H]1CCCc2cccnc21)CNC(=O)c1c(Cl)cncc1Cl. The molecule has 0 saturated heterocycles. The number of fused-ring (bicyclic) bond motifs is 2. The second-order valence-electron chi connectivity index (χ2n) is 9.31. The van der Waals surface area contributed by atoms with Crippen LogP contribution >= 0.6 is 23.2 Å². The average molecular weight is 550 g/mol. The lowest BCUT2D eigenvalue weighted by atomic mass is 9.90. The van der Waals surface area contributed by atoms with Gasteiger partial charge in [0.05, 0.1) is 44.9 Å². The predicted octanol–water partition coefficient (Wildman–Crippen LogP) is 4.85. The zero-order valence-electron chi connectivity index (χ0n) is 20.8. The molecule has 0 fully saturated rings. The molecule has 1 atom stereocenters. The first-order chi connectivity index (χ1) is 18.5. The number of aromatic nitrogens is 4. The fourth-order valence-corrected chi connectivity index (χ4v) is 5.44. The van der Waals surface area contributed by atoms with Gasteiger partial charge in [-0.05, 0) is 48.6 Å². The monoisotopic (exact) mass is 549 g/mol. The number of halogens is 2. The number of nitrogens with zero attached hydrogens (tertiary/aromatic N) is 4. The van der Waals surface area contributed by atoms with Gasteiger partial charge in [0, 0.05) is 38.2 Å². The zero-order chi connectivity index (χ0) is 26.5. The molecule has 0 spiro atoms. The number of carbonyl (C=O) groups is 1. The molecule has 1 aromatic carbocycles. The Morgan fingerprint density at radius 3 is 2.79 bits per heavy atom. The van der Waals surface area contributed by atoms with Crippen LogP contribution in [-0.4, -0.2) is 50.4 Å². The van der Waals surface area contributed by atoms with E-state index in [9.17, 15) is 4.79 Å². The largest absolute Gasteiger partial charge is 0.348 e. The van der Waals surface area contributed by atoms with Gasteiger partial charge in [-0.25, -0.2) is 4.98 Å². The van der Waals surface area contributed by atoms with Crippen LogP contribution in [0, 0.1) is 0 Å². The summed E-state index contributed by atoms with van der Waals surface area (Å²) < 4.78 is 0. The summed E-state index contributed by atoms with van der Waals surface area (Å²) in [6.07, 6.45) is 9.87. The fourth-order valence-electron chi connectivity index (χ4n) is 4.90. The minimum absolute atomic E-state index is 0.146. The van der Waals surface area contributed by atoms with Crippen LogP contribution in [-0.2, 0) is 13.0 Å². The Kier molecular flexibility index (Phi) is 8.34. The normalized spacial score (nSPS) is 15.6. The van der Waals surface area contributed by atoms with Crippen molar-refractivity contribution in [1.82, 2.24) is 30.2 Å². The number of benzene rings is 1. The number of amides is 1. The van der Waals surface area contributed by atoms with Crippen LogP contribution in [0.2, 0.25) is 10.0 Å². The Hall–Kier alpha value is -3.30. The number of pyridine rings is 2. The number of para-hydroxylation sites is 2. The number of hydrogen-bond donors (Lipinski definition) is 3. The second kappa shape index (κ2) is 12.0. The maximum absolute atomic E-state index is 12.7. The van der Waals surface area contributed by atoms with E-state index in [2.05, 4.69) is 32.3 Å². The molecule has 10 heteroatoms. The van der Waals surface area contributed by atoms with Crippen molar-refractivity contribution in [3.8, 4) is 0 Å². The van der Waals surface area contributed by atoms with E-state index in [1.54, 1.807) is 0 Å². The number of H-pyrrole nitrogens is 1. The third-order valence-corrected chi connectivity index (χ3v) is 7.40. The van der Waals surface area contributed by atoms with Crippen LogP contribution < -0.4 is 11.1 Å². The molecule has 5 rings (SSSR count). The van der Waals surface area contributed by atoms with Crippen molar-refractivity contribution in [2.45, 2.75) is 31.8 Å². The molecule has 196 valence electrons. The first-order valence-electron chi connectivity index (χ1n) is 12.6. The summed E-state index contributed by atoms with van der Waals surface area (Å²) in [6.45, 7) is 1.83. The topological polar surface area (TPSA) is 113 Å². The number of nitrogens with two attached hydrogens (primary N) is 1. The van der Waals surface area contributed by atoms with Gasteiger partial charge in [0.1, 0.15) is 5.82 Å². The van der Waals surface area contributed by atoms with E-state index in [1.165, 1.54) is 18.0 Å². The molecule has 4 N–H and O–H groups in total. The van der Waals surface area contributed by atoms with E-state index in [0.717, 1.165) is 47.4 Å². The van der Waals surface area contributed by atoms with Crippen LogP contribution in [0.5, 0.6) is 0 Å². The van der Waals surface area contributed by atoms with E-state index < -0.39 is 0 Å². The van der Waals surface area contributed by atoms with Crippen molar-refractivity contribution < 1.29 is 4.79 Å². The molecule has 0 radical (unpaired) electrons. The molecule has 1 aliphatic carbocycles. The molecule has 0 saturated carbocycles. The van der Waals surface area contributed by atoms with Gasteiger partial charge in [0.25, 0.3) is 5.91 Å². The quantitative estimate of drug-likeness (QED) is 0.257. The summed E-state index contributed by atoms with van der Waals surface area (Å²) in [4.78, 5) is 32.0. The highest BCUT2D eigenvalue weighted by molar-refractivity contribution is 6.39. The molecule has 0 aliphatic heterocycles. The van der Waals surface area contributed by atoms with Gasteiger partial charge in [0.2, 0.25) is 0 Å². The number of imidazole rings is 1. The minimum atomic E-state index is -0.369. The molecular weight excluding hydrogens is 521 g/mol. The lowest BCUT2D eigenvalue weighted by molar-refractivity contribution is 0.0957. The van der Waals surface area contributed by atoms with Gasteiger partial charge in [0.15, 0.2) is 0 Å². The van der Waals surface area contributed by atoms with E-state index >= 15 is 0 Å². The Morgan fingerprint density at radius 1 is 1.18 bits per heavy atom. The van der Waals surface area contributed by atoms with E-state index in [-0.39, 0.29) is 34.1 Å². The van der Waals surface area contributed by atoms with Crippen molar-refractivity contribution in [3.63, 3.8) is 0 Å². The highest BCUT2D eigenvalue weighted by Crippen LogP contribution is 2.33. The molecule has 1 aliphatic rings. The van der Waals surface area contributed by atoms with Crippen LogP contribution in [0.15, 0.2) is 66.6 Å². The summed E-state index contributed by atoms with van der Waals surface area (Å²) >= 11 is 12.3. The maximum atomic E-state index is 12.7. The lowest BCUT2D eigenvalue weighted by Crippen LogP contribution is -2.33. The Bertz CT molecular complexity index is 1420. The highest BCUT2D eigenvalue weighted by atomic mass is 35.5. The van der Waals surface area contributed by atoms with Gasteiger partial charge in [-0.2, -0.15) is 0 Å². The molecule has 3 aromatic heterocycles. The van der Waals surface area contributed by atoms with Crippen LogP contribution in [0.3, 0.4) is 0 Å². The highest BCUT2D eigenvalue weighted by Gasteiger charge is 2.27. The third kappa shape index (κ3) is 5.89. The van der Waals surface area contributed by atoms with Gasteiger partial charge in [-0.1, -0.05) is 47.5 Å². The summed E-state index contributed by atoms with van der Waals surface area (Å²) in [5.74, 6) is 0.526. The van der Waals surface area contributed by atoms with Crippen molar-refractivity contribution in [3.05, 3.63) is 99.3 Å². The number of rotatable bonds is 9. The van der Waals surface area contributed by atoms with E-state index in [0.29, 0.717) is 19.6 Å². The molecule has 0 bridgehead atoms. The summed E-state index contributed by atoms with van der Waals surface area (Å²) in [7, 11) is 0. The lowest BCUT2D eigenvalue weighted by Gasteiger charge is -2.34. The van der Waals surface area contributed by atoms with Crippen molar-refractivity contribution in [2.24, 2.45) is 5.73 Å². The summed E-state index contributed by atoms with van der Waals surface area (Å²) in [6, 6.07) is 12.3. The standard InChI is InChI=1S/C28H29Cl2N7O/c29-20-15-32-16-21(30)26(20)28(38)34-14-18(13-31)10-12-37(17-25-35-22-7-1-2-8-23(22)36-25)24-9-3-5-19-6-4-11-33-27(19)24/h1-2,4,6-8,10-11,15-16,24H,3,5,9,12-14,17,31H2,(H,34,38)(H,35,36)/b18-10+/t24-/m0/s1. The maximum Gasteiger partial charge on any atom is 0.254 e. The summed E-state index contributed by atoms with van der Waals surface area (Å²) in [5, 5.41) is 3.29. The number of hydrogen-bond acceptors (Lipinski definition) is 6. The fraction of sp³-hybridized carbons (Fsp3) is 0.286. The molecule has 0 unspecified atom stereocenters. The summed E-state index contributed by atoms with van der Waals surface area (Å²) in [5.41, 5.74) is 11.5. The van der Waals surface area contributed by atoms with Gasteiger partial charge >= 0.3 is 0 Å².